The van der Waals surface area contributed by atoms with Crippen LogP contribution in [0.2, 0.25) is 0 Å². The van der Waals surface area contributed by atoms with E-state index in [-0.39, 0.29) is 43.4 Å². The molecular formula is C41H54Cl2N2O8. The molecular weight excluding hydrogens is 719 g/mol. The van der Waals surface area contributed by atoms with Crippen LogP contribution in [0.5, 0.6) is 23.0 Å². The Kier molecular flexibility index (Phi) is 16.3. The highest BCUT2D eigenvalue weighted by molar-refractivity contribution is 5.91. The van der Waals surface area contributed by atoms with Crippen molar-refractivity contribution < 1.29 is 71.8 Å². The van der Waals surface area contributed by atoms with Crippen LogP contribution >= 0.6 is 0 Å². The van der Waals surface area contributed by atoms with Gasteiger partial charge in [-0.25, -0.2) is 9.59 Å². The molecule has 2 aliphatic heterocycles. The number of hydrogen-bond acceptors (Lipinski definition) is 8. The predicted octanol–water partition coefficient (Wildman–Crippen LogP) is -0.285. The molecule has 10 nitrogen and oxygen atoms in total. The van der Waals surface area contributed by atoms with E-state index >= 15 is 0 Å². The molecule has 5 rings (SSSR count). The van der Waals surface area contributed by atoms with Gasteiger partial charge >= 0.3 is 11.9 Å². The number of hydrogen-bond donors (Lipinski definition) is 0. The summed E-state index contributed by atoms with van der Waals surface area (Å²) in [6.45, 7) is 5.20. The monoisotopic (exact) mass is 772 g/mol. The normalized spacial score (nSPS) is 21.8. The number of esters is 2. The van der Waals surface area contributed by atoms with Gasteiger partial charge in [0.05, 0.1) is 75.3 Å². The summed E-state index contributed by atoms with van der Waals surface area (Å²) in [6.07, 6.45) is 5.73. The third-order valence-corrected chi connectivity index (χ3v) is 10.6. The summed E-state index contributed by atoms with van der Waals surface area (Å²) in [6, 6.07) is 20.8. The fourth-order valence-electron chi connectivity index (χ4n) is 7.70. The number of ether oxygens (including phenoxy) is 6. The highest BCUT2D eigenvalue weighted by Crippen LogP contribution is 2.42. The number of likely N-dealkylation sites (N-methyl/N-ethyl adjacent to an activating group) is 1. The van der Waals surface area contributed by atoms with E-state index < -0.39 is 11.9 Å². The van der Waals surface area contributed by atoms with Gasteiger partial charge < -0.3 is 62.2 Å². The maximum atomic E-state index is 12.5. The molecule has 2 aliphatic rings. The number of carbonyl (C=O) groups is 2. The van der Waals surface area contributed by atoms with E-state index in [0.29, 0.717) is 18.8 Å². The minimum atomic E-state index is -0.546. The van der Waals surface area contributed by atoms with Gasteiger partial charge in [0, 0.05) is 54.9 Å². The maximum Gasteiger partial charge on any atom is 0.331 e. The van der Waals surface area contributed by atoms with Gasteiger partial charge in [0.2, 0.25) is 0 Å². The number of methoxy groups -OCH3 is 4. The Morgan fingerprint density at radius 1 is 0.755 bits per heavy atom. The van der Waals surface area contributed by atoms with E-state index in [1.807, 2.05) is 24.3 Å². The van der Waals surface area contributed by atoms with E-state index in [9.17, 15) is 9.59 Å². The van der Waals surface area contributed by atoms with Crippen LogP contribution in [0.15, 0.2) is 72.8 Å². The van der Waals surface area contributed by atoms with Crippen LogP contribution in [0, 0.1) is 5.92 Å². The number of carbonyl (C=O) groups excluding carboxylic acids is 2. The Morgan fingerprint density at radius 2 is 1.34 bits per heavy atom. The molecule has 53 heavy (non-hydrogen) atoms. The summed E-state index contributed by atoms with van der Waals surface area (Å²) in [7, 11) is 11.2. The molecule has 3 aromatic rings. The first kappa shape index (κ1) is 43.4. The summed E-state index contributed by atoms with van der Waals surface area (Å²) < 4.78 is 34.7. The van der Waals surface area contributed by atoms with Crippen molar-refractivity contribution in [2.24, 2.45) is 5.92 Å². The van der Waals surface area contributed by atoms with Crippen molar-refractivity contribution in [1.29, 1.82) is 0 Å². The van der Waals surface area contributed by atoms with Gasteiger partial charge in [-0.05, 0) is 59.7 Å². The lowest BCUT2D eigenvalue weighted by atomic mass is 9.86. The summed E-state index contributed by atoms with van der Waals surface area (Å²) in [5.74, 6) is 2.34. The van der Waals surface area contributed by atoms with Gasteiger partial charge in [-0.15, -0.1) is 0 Å². The van der Waals surface area contributed by atoms with Gasteiger partial charge in [0.1, 0.15) is 30.7 Å². The van der Waals surface area contributed by atoms with Gasteiger partial charge in [0.15, 0.2) is 11.5 Å². The molecule has 290 valence electrons. The molecule has 0 bridgehead atoms. The molecule has 1 saturated heterocycles. The zero-order valence-electron chi connectivity index (χ0n) is 31.8. The first-order chi connectivity index (χ1) is 24.6. The smallest absolute Gasteiger partial charge is 0.331 e. The minimum Gasteiger partial charge on any atom is -1.00 e. The molecule has 0 spiro atoms. The van der Waals surface area contributed by atoms with Crippen LogP contribution in [0.25, 0.3) is 0 Å². The maximum absolute atomic E-state index is 12.5. The van der Waals surface area contributed by atoms with Crippen molar-refractivity contribution in [3.8, 4) is 23.0 Å². The SMILES string of the molecule is COc1ccc(CC2c3cc(OC)c(OC)cc3CC[N+]2(C)CCCOC(=O)C=CC(=O)OCC2CC[N+](C)(Cc3ccc(OC)cc3)C2)cc1.[Cl-].[Cl-]. The molecule has 0 aromatic heterocycles. The number of likely N-dealkylation sites (tertiary alicyclic amines) is 1. The number of halogens is 2. The molecule has 0 amide bonds. The van der Waals surface area contributed by atoms with Crippen molar-refractivity contribution in [3.63, 3.8) is 0 Å². The van der Waals surface area contributed by atoms with E-state index in [2.05, 4.69) is 50.5 Å². The second-order valence-electron chi connectivity index (χ2n) is 14.3. The van der Waals surface area contributed by atoms with Gasteiger partial charge in [-0.1, -0.05) is 12.1 Å². The fourth-order valence-corrected chi connectivity index (χ4v) is 7.70. The topological polar surface area (TPSA) is 89.5 Å². The second-order valence-corrected chi connectivity index (χ2v) is 14.3. The Labute approximate surface area is 326 Å². The van der Waals surface area contributed by atoms with E-state index in [0.717, 1.165) is 78.2 Å². The van der Waals surface area contributed by atoms with Crippen LogP contribution in [0.1, 0.15) is 41.1 Å². The Balaban J connectivity index is 0.00000378. The van der Waals surface area contributed by atoms with Gasteiger partial charge in [-0.3, -0.25) is 0 Å². The molecule has 2 heterocycles. The summed E-state index contributed by atoms with van der Waals surface area (Å²) in [4.78, 5) is 25.0. The van der Waals surface area contributed by atoms with Gasteiger partial charge in [0.25, 0.3) is 0 Å². The molecule has 0 radical (unpaired) electrons. The lowest BCUT2D eigenvalue weighted by Crippen LogP contribution is -3.00. The standard InChI is InChI=1S/C41H54N2O8.2ClH/c1-42(27-31-10-14-35(47-4)15-11-31)21-18-32(28-42)29-51-41(45)17-16-40(44)50-23-7-20-43(2)22-19-33-25-38(48-5)39(49-6)26-36(33)37(43)24-30-8-12-34(46-3)13-9-30;;/h8-17,25-26,32,37H,7,18-24,27-29H2,1-6H3;2*1H/q+2;;/p-2. The highest BCUT2D eigenvalue weighted by Gasteiger charge is 2.40. The zero-order chi connectivity index (χ0) is 36.4. The second kappa shape index (κ2) is 19.9. The van der Waals surface area contributed by atoms with E-state index in [1.165, 1.54) is 34.4 Å². The molecule has 0 saturated carbocycles. The van der Waals surface area contributed by atoms with Crippen molar-refractivity contribution in [2.75, 3.05) is 81.9 Å². The Morgan fingerprint density at radius 3 is 1.94 bits per heavy atom. The van der Waals surface area contributed by atoms with Crippen LogP contribution in [-0.4, -0.2) is 103 Å². The number of rotatable bonds is 16. The lowest BCUT2D eigenvalue weighted by molar-refractivity contribution is -0.941. The van der Waals surface area contributed by atoms with E-state index in [1.54, 1.807) is 28.4 Å². The quantitative estimate of drug-likeness (QED) is 0.0851. The third-order valence-electron chi connectivity index (χ3n) is 10.6. The van der Waals surface area contributed by atoms with Crippen molar-refractivity contribution in [2.45, 2.75) is 38.3 Å². The highest BCUT2D eigenvalue weighted by atomic mass is 35.5. The van der Waals surface area contributed by atoms with Gasteiger partial charge in [-0.2, -0.15) is 0 Å². The minimum absolute atomic E-state index is 0. The lowest BCUT2D eigenvalue weighted by Gasteiger charge is -2.46. The van der Waals surface area contributed by atoms with Crippen molar-refractivity contribution >= 4 is 11.9 Å². The molecule has 3 aromatic carbocycles. The first-order valence-corrected chi connectivity index (χ1v) is 17.8. The Hall–Kier alpha value is -3.96. The number of quaternary nitrogens is 2. The number of benzene rings is 3. The number of fused-ring (bicyclic) bond motifs is 1. The average molecular weight is 774 g/mol. The predicted molar refractivity (Wildman–Crippen MR) is 195 cm³/mol. The summed E-state index contributed by atoms with van der Waals surface area (Å²) >= 11 is 0. The van der Waals surface area contributed by atoms with Crippen LogP contribution in [-0.2, 0) is 38.4 Å². The molecule has 0 aliphatic carbocycles. The molecule has 4 atom stereocenters. The average Bonchev–Trinajstić information content (AvgIpc) is 3.52. The van der Waals surface area contributed by atoms with Crippen molar-refractivity contribution in [1.82, 2.24) is 0 Å². The van der Waals surface area contributed by atoms with Crippen LogP contribution in [0.4, 0.5) is 0 Å². The first-order valence-electron chi connectivity index (χ1n) is 17.8. The zero-order valence-corrected chi connectivity index (χ0v) is 33.3. The summed E-state index contributed by atoms with van der Waals surface area (Å²) in [5.41, 5.74) is 4.98. The third kappa shape index (κ3) is 11.5. The van der Waals surface area contributed by atoms with Crippen LogP contribution in [0.3, 0.4) is 0 Å². The fraction of sp³-hybridized carbons (Fsp3) is 0.463. The molecule has 4 unspecified atom stereocenters. The van der Waals surface area contributed by atoms with E-state index in [4.69, 9.17) is 28.4 Å². The molecule has 0 N–H and O–H groups in total. The molecule has 12 heteroatoms. The van der Waals surface area contributed by atoms with Crippen LogP contribution < -0.4 is 43.8 Å². The largest absolute Gasteiger partial charge is 1.00 e. The summed E-state index contributed by atoms with van der Waals surface area (Å²) in [5, 5.41) is 0. The number of nitrogens with zero attached hydrogens (tertiary/aromatic N) is 2. The Bertz CT molecular complexity index is 1670. The van der Waals surface area contributed by atoms with Crippen molar-refractivity contribution in [3.05, 3.63) is 95.1 Å². The molecule has 1 fully saturated rings.